The third kappa shape index (κ3) is 3.24. The Morgan fingerprint density at radius 2 is 1.64 bits per heavy atom. The zero-order valence-electron chi connectivity index (χ0n) is 7.94. The maximum atomic E-state index is 11.5. The second kappa shape index (κ2) is 3.57. The second-order valence-electron chi connectivity index (χ2n) is 4.26. The van der Waals surface area contributed by atoms with Crippen LogP contribution in [-0.4, -0.2) is 11.2 Å². The highest BCUT2D eigenvalue weighted by Gasteiger charge is 2.29. The fraction of sp³-hybridized carbons (Fsp3) is 0.889. The monoisotopic (exact) mass is 176 g/mol. The molecule has 0 fully saturated rings. The minimum Gasteiger partial charge on any atom is -0.297 e. The summed E-state index contributed by atoms with van der Waals surface area (Å²) in [7, 11) is 0. The number of hydrogen-bond donors (Lipinski definition) is 0. The van der Waals surface area contributed by atoms with Gasteiger partial charge in [-0.1, -0.05) is 34.6 Å². The minimum absolute atomic E-state index is 0.133. The van der Waals surface area contributed by atoms with Crippen molar-refractivity contribution in [2.24, 2.45) is 11.3 Å². The molecule has 0 aliphatic rings. The molecular weight excluding hydrogens is 160 g/mol. The van der Waals surface area contributed by atoms with Gasteiger partial charge in [0.1, 0.15) is 0 Å². The summed E-state index contributed by atoms with van der Waals surface area (Å²) in [5.74, 6) is 0.359. The first-order valence-corrected chi connectivity index (χ1v) is 4.39. The van der Waals surface area contributed by atoms with Gasteiger partial charge in [-0.2, -0.15) is 0 Å². The Morgan fingerprint density at radius 3 is 1.73 bits per heavy atom. The molecule has 0 spiro atoms. The zero-order valence-corrected chi connectivity index (χ0v) is 8.70. The van der Waals surface area contributed by atoms with E-state index in [4.69, 9.17) is 11.6 Å². The Bertz CT molecular complexity index is 144. The molecule has 1 atom stereocenters. The van der Waals surface area contributed by atoms with Gasteiger partial charge in [-0.05, 0) is 5.92 Å². The van der Waals surface area contributed by atoms with Crippen molar-refractivity contribution in [3.8, 4) is 0 Å². The predicted octanol–water partition coefficient (Wildman–Crippen LogP) is 2.87. The highest BCUT2D eigenvalue weighted by atomic mass is 35.5. The molecule has 0 saturated carbocycles. The van der Waals surface area contributed by atoms with Gasteiger partial charge in [0.15, 0.2) is 5.78 Å². The molecule has 2 heteroatoms. The van der Waals surface area contributed by atoms with Crippen molar-refractivity contribution in [1.29, 1.82) is 0 Å². The standard InChI is InChI=1S/C9H17ClO/c1-6(2)7(10)8(11)9(3,4)5/h6-7H,1-5H3. The zero-order chi connectivity index (χ0) is 9.23. The van der Waals surface area contributed by atoms with Crippen LogP contribution >= 0.6 is 11.6 Å². The van der Waals surface area contributed by atoms with E-state index in [0.717, 1.165) is 0 Å². The number of ketones is 1. The van der Waals surface area contributed by atoms with Crippen molar-refractivity contribution in [2.45, 2.75) is 40.0 Å². The van der Waals surface area contributed by atoms with Crippen molar-refractivity contribution in [1.82, 2.24) is 0 Å². The van der Waals surface area contributed by atoms with Gasteiger partial charge >= 0.3 is 0 Å². The average Bonchev–Trinajstić information content (AvgIpc) is 1.82. The smallest absolute Gasteiger partial charge is 0.156 e. The minimum atomic E-state index is -0.338. The molecule has 0 radical (unpaired) electrons. The van der Waals surface area contributed by atoms with Gasteiger partial charge in [0.25, 0.3) is 0 Å². The third-order valence-corrected chi connectivity index (χ3v) is 2.28. The van der Waals surface area contributed by atoms with Gasteiger partial charge < -0.3 is 0 Å². The van der Waals surface area contributed by atoms with Crippen LogP contribution < -0.4 is 0 Å². The van der Waals surface area contributed by atoms with E-state index < -0.39 is 0 Å². The summed E-state index contributed by atoms with van der Waals surface area (Å²) in [4.78, 5) is 11.5. The fourth-order valence-corrected chi connectivity index (χ4v) is 1.04. The molecule has 0 aromatic carbocycles. The van der Waals surface area contributed by atoms with E-state index in [9.17, 15) is 4.79 Å². The number of alkyl halides is 1. The highest BCUT2D eigenvalue weighted by molar-refractivity contribution is 6.31. The number of carbonyl (C=O) groups is 1. The summed E-state index contributed by atoms with van der Waals surface area (Å²) in [6.07, 6.45) is 0. The fourth-order valence-electron chi connectivity index (χ4n) is 0.716. The maximum absolute atomic E-state index is 11.5. The van der Waals surface area contributed by atoms with Gasteiger partial charge in [0.2, 0.25) is 0 Å². The normalized spacial score (nSPS) is 15.2. The summed E-state index contributed by atoms with van der Waals surface area (Å²) < 4.78 is 0. The molecule has 0 aromatic rings. The molecule has 1 nitrogen and oxygen atoms in total. The lowest BCUT2D eigenvalue weighted by Gasteiger charge is -2.22. The van der Waals surface area contributed by atoms with Crippen LogP contribution in [0.5, 0.6) is 0 Å². The van der Waals surface area contributed by atoms with E-state index in [-0.39, 0.29) is 22.5 Å². The van der Waals surface area contributed by atoms with Crippen LogP contribution in [0.2, 0.25) is 0 Å². The quantitative estimate of drug-likeness (QED) is 0.592. The number of carbonyl (C=O) groups excluding carboxylic acids is 1. The van der Waals surface area contributed by atoms with Gasteiger partial charge in [-0.25, -0.2) is 0 Å². The Labute approximate surface area is 74.1 Å². The van der Waals surface area contributed by atoms with Gasteiger partial charge in [0, 0.05) is 5.41 Å². The summed E-state index contributed by atoms with van der Waals surface area (Å²) in [6, 6.07) is 0. The van der Waals surface area contributed by atoms with E-state index >= 15 is 0 Å². The van der Waals surface area contributed by atoms with Crippen molar-refractivity contribution >= 4 is 17.4 Å². The van der Waals surface area contributed by atoms with Crippen molar-refractivity contribution in [3.05, 3.63) is 0 Å². The van der Waals surface area contributed by atoms with Crippen LogP contribution in [0.3, 0.4) is 0 Å². The van der Waals surface area contributed by atoms with Crippen LogP contribution in [0.25, 0.3) is 0 Å². The summed E-state index contributed by atoms with van der Waals surface area (Å²) in [6.45, 7) is 9.61. The molecule has 0 aliphatic carbocycles. The first kappa shape index (κ1) is 11.0. The topological polar surface area (TPSA) is 17.1 Å². The Morgan fingerprint density at radius 1 is 1.27 bits per heavy atom. The summed E-state index contributed by atoms with van der Waals surface area (Å²) in [5.41, 5.74) is -0.309. The van der Waals surface area contributed by atoms with Crippen LogP contribution in [0, 0.1) is 11.3 Å². The summed E-state index contributed by atoms with van der Waals surface area (Å²) in [5, 5.41) is -0.338. The largest absolute Gasteiger partial charge is 0.297 e. The number of rotatable bonds is 2. The SMILES string of the molecule is CC(C)C(Cl)C(=O)C(C)(C)C. The van der Waals surface area contributed by atoms with Crippen molar-refractivity contribution < 1.29 is 4.79 Å². The van der Waals surface area contributed by atoms with Crippen LogP contribution in [-0.2, 0) is 4.79 Å². The number of hydrogen-bond acceptors (Lipinski definition) is 1. The van der Waals surface area contributed by atoms with Crippen molar-refractivity contribution in [2.75, 3.05) is 0 Å². The van der Waals surface area contributed by atoms with Gasteiger partial charge in [-0.15, -0.1) is 11.6 Å². The molecule has 1 unspecified atom stereocenters. The van der Waals surface area contributed by atoms with E-state index in [0.29, 0.717) is 0 Å². The lowest BCUT2D eigenvalue weighted by molar-refractivity contribution is -0.126. The summed E-state index contributed by atoms with van der Waals surface area (Å²) >= 11 is 5.90. The van der Waals surface area contributed by atoms with Crippen LogP contribution in [0.15, 0.2) is 0 Å². The van der Waals surface area contributed by atoms with E-state index in [1.165, 1.54) is 0 Å². The predicted molar refractivity (Wildman–Crippen MR) is 48.9 cm³/mol. The molecule has 0 amide bonds. The van der Waals surface area contributed by atoms with Gasteiger partial charge in [0.05, 0.1) is 5.38 Å². The molecule has 0 bridgehead atoms. The lowest BCUT2D eigenvalue weighted by atomic mass is 9.86. The molecule has 11 heavy (non-hydrogen) atoms. The molecule has 0 N–H and O–H groups in total. The first-order valence-electron chi connectivity index (χ1n) is 3.95. The molecule has 66 valence electrons. The Kier molecular flexibility index (Phi) is 3.56. The Balaban J connectivity index is 4.26. The molecular formula is C9H17ClO. The Hall–Kier alpha value is -0.0400. The highest BCUT2D eigenvalue weighted by Crippen LogP contribution is 2.23. The number of halogens is 1. The first-order chi connectivity index (χ1) is 4.76. The lowest BCUT2D eigenvalue weighted by Crippen LogP contribution is -2.32. The second-order valence-corrected chi connectivity index (χ2v) is 4.73. The third-order valence-electron chi connectivity index (χ3n) is 1.57. The average molecular weight is 177 g/mol. The molecule has 0 saturated heterocycles. The van der Waals surface area contributed by atoms with Crippen LogP contribution in [0.4, 0.5) is 0 Å². The molecule has 0 aromatic heterocycles. The van der Waals surface area contributed by atoms with Crippen molar-refractivity contribution in [3.63, 3.8) is 0 Å². The molecule has 0 rings (SSSR count). The van der Waals surface area contributed by atoms with E-state index in [1.54, 1.807) is 0 Å². The van der Waals surface area contributed by atoms with E-state index in [1.807, 2.05) is 34.6 Å². The maximum Gasteiger partial charge on any atom is 0.156 e. The number of Topliss-reactive ketones (excluding diaryl/α,β-unsaturated/α-hetero) is 1. The molecule has 0 heterocycles. The van der Waals surface area contributed by atoms with Gasteiger partial charge in [-0.3, -0.25) is 4.79 Å². The van der Waals surface area contributed by atoms with Crippen LogP contribution in [0.1, 0.15) is 34.6 Å². The van der Waals surface area contributed by atoms with E-state index in [2.05, 4.69) is 0 Å². The molecule has 0 aliphatic heterocycles.